The molecular weight excluding hydrogens is 424 g/mol. The van der Waals surface area contributed by atoms with E-state index < -0.39 is 0 Å². The number of benzene rings is 1. The highest BCUT2D eigenvalue weighted by molar-refractivity contribution is 6.00. The van der Waals surface area contributed by atoms with Gasteiger partial charge in [-0.1, -0.05) is 37.3 Å². The first-order valence-electron chi connectivity index (χ1n) is 12.7. The predicted molar refractivity (Wildman–Crippen MR) is 133 cm³/mol. The van der Waals surface area contributed by atoms with Crippen molar-refractivity contribution in [2.75, 3.05) is 26.2 Å². The van der Waals surface area contributed by atoms with E-state index in [9.17, 15) is 9.59 Å². The number of hydrogen-bond acceptors (Lipinski definition) is 3. The Morgan fingerprint density at radius 3 is 2.38 bits per heavy atom. The highest BCUT2D eigenvalue weighted by atomic mass is 16.2. The van der Waals surface area contributed by atoms with E-state index in [2.05, 4.69) is 36.3 Å². The molecule has 0 unspecified atom stereocenters. The van der Waals surface area contributed by atoms with Crippen molar-refractivity contribution in [3.8, 4) is 0 Å². The first kappa shape index (κ1) is 22.6. The van der Waals surface area contributed by atoms with E-state index in [4.69, 9.17) is 0 Å². The lowest BCUT2D eigenvalue weighted by molar-refractivity contribution is -0.132. The Kier molecular flexibility index (Phi) is 6.66. The van der Waals surface area contributed by atoms with Crippen molar-refractivity contribution in [1.29, 1.82) is 0 Å². The van der Waals surface area contributed by atoms with Gasteiger partial charge in [0.15, 0.2) is 0 Å². The third-order valence-corrected chi connectivity index (χ3v) is 7.64. The first-order valence-corrected chi connectivity index (χ1v) is 12.7. The van der Waals surface area contributed by atoms with Crippen LogP contribution in [0.2, 0.25) is 0 Å². The summed E-state index contributed by atoms with van der Waals surface area (Å²) in [5, 5.41) is 4.43. The quantitative estimate of drug-likeness (QED) is 0.564. The van der Waals surface area contributed by atoms with Crippen LogP contribution in [-0.4, -0.2) is 57.4 Å². The van der Waals surface area contributed by atoms with E-state index in [1.165, 1.54) is 11.1 Å². The topological polar surface area (TPSA) is 57.9 Å². The second kappa shape index (κ2) is 10.00. The number of likely N-dealkylation sites (tertiary alicyclic amines) is 2. The highest BCUT2D eigenvalue weighted by Crippen LogP contribution is 2.30. The molecule has 2 aliphatic heterocycles. The molecule has 0 N–H and O–H groups in total. The Hall–Kier alpha value is -3.15. The number of piperidine rings is 2. The first-order chi connectivity index (χ1) is 16.6. The standard InChI is InChI=1S/C28H34N4O2/c1-21-9-14-31(15-10-21)28(34)25-20-29-32-18-13-24(19-26(25)32)23-11-16-30(17-12-23)27(33)8-7-22-5-3-2-4-6-22/h2-6,13,18-21,23H,7-12,14-17H2,1H3. The molecule has 0 spiro atoms. The van der Waals surface area contributed by atoms with Gasteiger partial charge in [0.25, 0.3) is 5.91 Å². The van der Waals surface area contributed by atoms with E-state index in [0.29, 0.717) is 23.8 Å². The summed E-state index contributed by atoms with van der Waals surface area (Å²) in [5.41, 5.74) is 4.04. The van der Waals surface area contributed by atoms with Crippen molar-refractivity contribution in [2.24, 2.45) is 5.92 Å². The molecule has 0 atom stereocenters. The van der Waals surface area contributed by atoms with Crippen LogP contribution in [0, 0.1) is 5.92 Å². The second-order valence-electron chi connectivity index (χ2n) is 9.96. The van der Waals surface area contributed by atoms with Gasteiger partial charge in [0.2, 0.25) is 5.91 Å². The lowest BCUT2D eigenvalue weighted by atomic mass is 9.89. The molecule has 5 rings (SSSR count). The molecule has 6 nitrogen and oxygen atoms in total. The van der Waals surface area contributed by atoms with Crippen LogP contribution in [0.1, 0.15) is 66.4 Å². The van der Waals surface area contributed by atoms with Crippen LogP contribution in [0.3, 0.4) is 0 Å². The molecular formula is C28H34N4O2. The molecule has 0 bridgehead atoms. The Morgan fingerprint density at radius 1 is 0.941 bits per heavy atom. The van der Waals surface area contributed by atoms with Gasteiger partial charge in [-0.25, -0.2) is 4.52 Å². The summed E-state index contributed by atoms with van der Waals surface area (Å²) < 4.78 is 1.81. The van der Waals surface area contributed by atoms with Crippen molar-refractivity contribution in [2.45, 2.75) is 51.4 Å². The summed E-state index contributed by atoms with van der Waals surface area (Å²) >= 11 is 0. The fraction of sp³-hybridized carbons (Fsp3) is 0.464. The fourth-order valence-corrected chi connectivity index (χ4v) is 5.31. The normalized spacial score (nSPS) is 17.9. The molecule has 2 aromatic heterocycles. The van der Waals surface area contributed by atoms with Gasteiger partial charge in [0.05, 0.1) is 17.3 Å². The summed E-state index contributed by atoms with van der Waals surface area (Å²) in [7, 11) is 0. The maximum atomic E-state index is 13.2. The molecule has 1 aromatic carbocycles. The van der Waals surface area contributed by atoms with Crippen LogP contribution < -0.4 is 0 Å². The van der Waals surface area contributed by atoms with Gasteiger partial charge in [0, 0.05) is 38.8 Å². The molecule has 0 radical (unpaired) electrons. The summed E-state index contributed by atoms with van der Waals surface area (Å²) in [6.45, 7) is 5.49. The Labute approximate surface area is 201 Å². The van der Waals surface area contributed by atoms with Gasteiger partial charge in [-0.2, -0.15) is 5.10 Å². The van der Waals surface area contributed by atoms with Gasteiger partial charge in [-0.05, 0) is 67.2 Å². The second-order valence-corrected chi connectivity index (χ2v) is 9.96. The number of aryl methyl sites for hydroxylation is 1. The minimum absolute atomic E-state index is 0.0953. The predicted octanol–water partition coefficient (Wildman–Crippen LogP) is 4.55. The number of rotatable bonds is 5. The number of aromatic nitrogens is 2. The van der Waals surface area contributed by atoms with E-state index >= 15 is 0 Å². The zero-order valence-electron chi connectivity index (χ0n) is 20.0. The molecule has 3 aromatic rings. The van der Waals surface area contributed by atoms with Gasteiger partial charge in [-0.15, -0.1) is 0 Å². The van der Waals surface area contributed by atoms with Crippen molar-refractivity contribution < 1.29 is 9.59 Å². The minimum Gasteiger partial charge on any atom is -0.343 e. The molecule has 0 saturated carbocycles. The Morgan fingerprint density at radius 2 is 1.65 bits per heavy atom. The Bertz CT molecular complexity index is 1140. The van der Waals surface area contributed by atoms with Gasteiger partial charge < -0.3 is 9.80 Å². The molecule has 0 aliphatic carbocycles. The zero-order chi connectivity index (χ0) is 23.5. The number of nitrogens with zero attached hydrogens (tertiary/aromatic N) is 4. The molecule has 34 heavy (non-hydrogen) atoms. The van der Waals surface area contributed by atoms with E-state index in [-0.39, 0.29) is 11.8 Å². The average Bonchev–Trinajstić information content (AvgIpc) is 3.31. The van der Waals surface area contributed by atoms with Crippen molar-refractivity contribution >= 4 is 17.3 Å². The Balaban J connectivity index is 1.21. The van der Waals surface area contributed by atoms with Crippen LogP contribution >= 0.6 is 0 Å². The van der Waals surface area contributed by atoms with Crippen molar-refractivity contribution in [3.05, 3.63) is 71.5 Å². The molecule has 2 saturated heterocycles. The monoisotopic (exact) mass is 458 g/mol. The third kappa shape index (κ3) is 4.86. The number of amides is 2. The molecule has 4 heterocycles. The summed E-state index contributed by atoms with van der Waals surface area (Å²) in [6, 6.07) is 14.5. The van der Waals surface area contributed by atoms with E-state index in [0.717, 1.165) is 63.8 Å². The molecule has 2 fully saturated rings. The van der Waals surface area contributed by atoms with E-state index in [1.54, 1.807) is 6.20 Å². The van der Waals surface area contributed by atoms with Crippen LogP contribution in [-0.2, 0) is 11.2 Å². The highest BCUT2D eigenvalue weighted by Gasteiger charge is 2.26. The minimum atomic E-state index is 0.0953. The SMILES string of the molecule is CC1CCN(C(=O)c2cnn3ccc(C4CCN(C(=O)CCc5ccccc5)CC4)cc23)CC1. The average molecular weight is 459 g/mol. The molecule has 2 amide bonds. The molecule has 6 heteroatoms. The van der Waals surface area contributed by atoms with Gasteiger partial charge >= 0.3 is 0 Å². The van der Waals surface area contributed by atoms with Crippen molar-refractivity contribution in [1.82, 2.24) is 19.4 Å². The number of hydrogen-bond donors (Lipinski definition) is 0. The maximum Gasteiger partial charge on any atom is 0.257 e. The number of carbonyl (C=O) groups excluding carboxylic acids is 2. The summed E-state index contributed by atoms with van der Waals surface area (Å²) in [4.78, 5) is 29.9. The number of pyridine rings is 1. The lowest BCUT2D eigenvalue weighted by Gasteiger charge is -2.32. The van der Waals surface area contributed by atoms with Crippen LogP contribution in [0.25, 0.3) is 5.52 Å². The fourth-order valence-electron chi connectivity index (χ4n) is 5.31. The summed E-state index contributed by atoms with van der Waals surface area (Å²) in [5.74, 6) is 1.43. The van der Waals surface area contributed by atoms with Gasteiger partial charge in [-0.3, -0.25) is 9.59 Å². The molecule has 178 valence electrons. The maximum absolute atomic E-state index is 13.2. The molecule has 2 aliphatic rings. The number of carbonyl (C=O) groups is 2. The number of fused-ring (bicyclic) bond motifs is 1. The summed E-state index contributed by atoms with van der Waals surface area (Å²) in [6.07, 6.45) is 9.09. The van der Waals surface area contributed by atoms with Gasteiger partial charge in [0.1, 0.15) is 0 Å². The van der Waals surface area contributed by atoms with E-state index in [1.807, 2.05) is 38.7 Å². The lowest BCUT2D eigenvalue weighted by Crippen LogP contribution is -2.38. The van der Waals surface area contributed by atoms with Crippen LogP contribution in [0.4, 0.5) is 0 Å². The third-order valence-electron chi connectivity index (χ3n) is 7.64. The smallest absolute Gasteiger partial charge is 0.257 e. The zero-order valence-corrected chi connectivity index (χ0v) is 20.0. The van der Waals surface area contributed by atoms with Crippen LogP contribution in [0.5, 0.6) is 0 Å². The largest absolute Gasteiger partial charge is 0.343 e. The van der Waals surface area contributed by atoms with Crippen molar-refractivity contribution in [3.63, 3.8) is 0 Å². The van der Waals surface area contributed by atoms with Crippen LogP contribution in [0.15, 0.2) is 54.9 Å².